The maximum atomic E-state index is 12.0. The van der Waals surface area contributed by atoms with E-state index in [1.807, 2.05) is 56.3 Å². The van der Waals surface area contributed by atoms with E-state index < -0.39 is 0 Å². The van der Waals surface area contributed by atoms with E-state index >= 15 is 0 Å². The van der Waals surface area contributed by atoms with Crippen LogP contribution >= 0.6 is 27.5 Å². The molecule has 0 spiro atoms. The van der Waals surface area contributed by atoms with E-state index in [0.717, 1.165) is 21.3 Å². The second-order valence-corrected chi connectivity index (χ2v) is 6.48. The van der Waals surface area contributed by atoms with Gasteiger partial charge < -0.3 is 10.6 Å². The van der Waals surface area contributed by atoms with Crippen molar-refractivity contribution in [2.45, 2.75) is 19.9 Å². The van der Waals surface area contributed by atoms with Gasteiger partial charge in [-0.2, -0.15) is 0 Å². The monoisotopic (exact) mass is 380 g/mol. The van der Waals surface area contributed by atoms with E-state index in [2.05, 4.69) is 26.6 Å². The molecule has 0 aliphatic heterocycles. The van der Waals surface area contributed by atoms with E-state index in [-0.39, 0.29) is 18.5 Å². The first-order valence-electron chi connectivity index (χ1n) is 7.00. The van der Waals surface area contributed by atoms with Crippen molar-refractivity contribution in [2.24, 2.45) is 0 Å². The number of carbonyl (C=O) groups excluding carboxylic acids is 1. The van der Waals surface area contributed by atoms with Gasteiger partial charge in [0.15, 0.2) is 0 Å². The van der Waals surface area contributed by atoms with Crippen LogP contribution in [-0.2, 0) is 4.79 Å². The van der Waals surface area contributed by atoms with E-state index in [9.17, 15) is 4.79 Å². The summed E-state index contributed by atoms with van der Waals surface area (Å²) in [4.78, 5) is 12.0. The molecular weight excluding hydrogens is 364 g/mol. The minimum absolute atomic E-state index is 0.0471. The first kappa shape index (κ1) is 17.0. The second kappa shape index (κ2) is 7.77. The fraction of sp³-hybridized carbons (Fsp3) is 0.235. The van der Waals surface area contributed by atoms with Crippen molar-refractivity contribution in [1.82, 2.24) is 5.32 Å². The largest absolute Gasteiger partial charge is 0.324 e. The molecule has 0 saturated heterocycles. The molecule has 2 rings (SSSR count). The SMILES string of the molecule is Cc1ccc(NC(=O)CN[C@@H](C)c2cccc(Cl)c2)c(Br)c1. The number of rotatable bonds is 5. The van der Waals surface area contributed by atoms with Gasteiger partial charge in [0.1, 0.15) is 0 Å². The third-order valence-electron chi connectivity index (χ3n) is 3.32. The van der Waals surface area contributed by atoms with Crippen molar-refractivity contribution in [1.29, 1.82) is 0 Å². The Balaban J connectivity index is 1.90. The van der Waals surface area contributed by atoms with Gasteiger partial charge in [-0.15, -0.1) is 0 Å². The van der Waals surface area contributed by atoms with Crippen molar-refractivity contribution in [2.75, 3.05) is 11.9 Å². The number of anilines is 1. The Morgan fingerprint density at radius 2 is 2.05 bits per heavy atom. The molecule has 0 aliphatic rings. The molecule has 0 fully saturated rings. The van der Waals surface area contributed by atoms with Gasteiger partial charge in [0.25, 0.3) is 0 Å². The van der Waals surface area contributed by atoms with Gasteiger partial charge in [-0.05, 0) is 65.2 Å². The van der Waals surface area contributed by atoms with Crippen LogP contribution in [0.1, 0.15) is 24.1 Å². The number of carbonyl (C=O) groups is 1. The molecule has 5 heteroatoms. The van der Waals surface area contributed by atoms with Gasteiger partial charge in [-0.25, -0.2) is 0 Å². The lowest BCUT2D eigenvalue weighted by Crippen LogP contribution is -2.30. The van der Waals surface area contributed by atoms with Crippen LogP contribution in [0.2, 0.25) is 5.02 Å². The van der Waals surface area contributed by atoms with Crippen LogP contribution < -0.4 is 10.6 Å². The molecule has 0 heterocycles. The van der Waals surface area contributed by atoms with Gasteiger partial charge in [-0.1, -0.05) is 29.8 Å². The summed E-state index contributed by atoms with van der Waals surface area (Å²) in [5, 5.41) is 6.77. The highest BCUT2D eigenvalue weighted by Crippen LogP contribution is 2.23. The second-order valence-electron chi connectivity index (χ2n) is 5.19. The predicted octanol–water partition coefficient (Wildman–Crippen LogP) is 4.70. The average molecular weight is 382 g/mol. The van der Waals surface area contributed by atoms with Crippen LogP contribution in [0, 0.1) is 6.92 Å². The maximum absolute atomic E-state index is 12.0. The van der Waals surface area contributed by atoms with Crippen molar-refractivity contribution in [3.63, 3.8) is 0 Å². The Hall–Kier alpha value is -1.36. The molecule has 2 N–H and O–H groups in total. The van der Waals surface area contributed by atoms with Gasteiger partial charge in [-0.3, -0.25) is 4.79 Å². The predicted molar refractivity (Wildman–Crippen MR) is 95.4 cm³/mol. The van der Waals surface area contributed by atoms with Gasteiger partial charge in [0.05, 0.1) is 12.2 Å². The van der Waals surface area contributed by atoms with Crippen molar-refractivity contribution in [3.8, 4) is 0 Å². The molecule has 0 saturated carbocycles. The standard InChI is InChI=1S/C17H18BrClN2O/c1-11-6-7-16(15(18)8-11)21-17(22)10-20-12(2)13-4-3-5-14(19)9-13/h3-9,12,20H,10H2,1-2H3,(H,21,22)/t12-/m0/s1. The minimum Gasteiger partial charge on any atom is -0.324 e. The lowest BCUT2D eigenvalue weighted by Gasteiger charge is -2.15. The van der Waals surface area contributed by atoms with E-state index in [1.54, 1.807) is 0 Å². The van der Waals surface area contributed by atoms with E-state index in [1.165, 1.54) is 0 Å². The molecule has 0 aromatic heterocycles. The average Bonchev–Trinajstić information content (AvgIpc) is 2.47. The number of halogens is 2. The summed E-state index contributed by atoms with van der Waals surface area (Å²) in [5.41, 5.74) is 2.96. The fourth-order valence-electron chi connectivity index (χ4n) is 2.06. The van der Waals surface area contributed by atoms with Crippen LogP contribution in [0.25, 0.3) is 0 Å². The molecule has 22 heavy (non-hydrogen) atoms. The molecule has 0 radical (unpaired) electrons. The van der Waals surface area contributed by atoms with Crippen LogP contribution in [0.5, 0.6) is 0 Å². The number of amides is 1. The number of aryl methyl sites for hydroxylation is 1. The summed E-state index contributed by atoms with van der Waals surface area (Å²) in [6.45, 7) is 4.24. The quantitative estimate of drug-likeness (QED) is 0.788. The molecule has 0 bridgehead atoms. The van der Waals surface area contributed by atoms with Crippen molar-refractivity contribution in [3.05, 3.63) is 63.1 Å². The molecule has 2 aromatic rings. The molecule has 1 amide bonds. The van der Waals surface area contributed by atoms with Gasteiger partial charge >= 0.3 is 0 Å². The van der Waals surface area contributed by atoms with Crippen molar-refractivity contribution < 1.29 is 4.79 Å². The maximum Gasteiger partial charge on any atom is 0.238 e. The third kappa shape index (κ3) is 4.83. The fourth-order valence-corrected chi connectivity index (χ4v) is 2.85. The highest BCUT2D eigenvalue weighted by Gasteiger charge is 2.09. The smallest absolute Gasteiger partial charge is 0.238 e. The van der Waals surface area contributed by atoms with Crippen LogP contribution in [0.4, 0.5) is 5.69 Å². The summed E-state index contributed by atoms with van der Waals surface area (Å²) < 4.78 is 0.878. The molecular formula is C17H18BrClN2O. The molecule has 0 unspecified atom stereocenters. The van der Waals surface area contributed by atoms with Crippen LogP contribution in [0.3, 0.4) is 0 Å². The third-order valence-corrected chi connectivity index (χ3v) is 4.21. The lowest BCUT2D eigenvalue weighted by molar-refractivity contribution is -0.115. The molecule has 1 atom stereocenters. The Kier molecular flexibility index (Phi) is 6.00. The van der Waals surface area contributed by atoms with Crippen LogP contribution in [0.15, 0.2) is 46.9 Å². The lowest BCUT2D eigenvalue weighted by atomic mass is 10.1. The van der Waals surface area contributed by atoms with Gasteiger partial charge in [0.2, 0.25) is 5.91 Å². The molecule has 2 aromatic carbocycles. The van der Waals surface area contributed by atoms with Crippen LogP contribution in [-0.4, -0.2) is 12.5 Å². The summed E-state index contributed by atoms with van der Waals surface area (Å²) in [7, 11) is 0. The topological polar surface area (TPSA) is 41.1 Å². The zero-order chi connectivity index (χ0) is 16.1. The first-order chi connectivity index (χ1) is 10.5. The Morgan fingerprint density at radius 3 is 2.73 bits per heavy atom. The van der Waals surface area contributed by atoms with Crippen molar-refractivity contribution >= 4 is 39.1 Å². The Bertz CT molecular complexity index is 675. The Labute approximate surface area is 144 Å². The number of hydrogen-bond acceptors (Lipinski definition) is 2. The number of hydrogen-bond donors (Lipinski definition) is 2. The normalized spacial score (nSPS) is 12.0. The summed E-state index contributed by atoms with van der Waals surface area (Å²) in [6, 6.07) is 13.5. The van der Waals surface area contributed by atoms with E-state index in [0.29, 0.717) is 5.02 Å². The van der Waals surface area contributed by atoms with E-state index in [4.69, 9.17) is 11.6 Å². The number of benzene rings is 2. The molecule has 0 aliphatic carbocycles. The summed E-state index contributed by atoms with van der Waals surface area (Å²) in [5.74, 6) is -0.0848. The van der Waals surface area contributed by atoms with Gasteiger partial charge in [0, 0.05) is 15.5 Å². The minimum atomic E-state index is -0.0848. The highest BCUT2D eigenvalue weighted by atomic mass is 79.9. The summed E-state index contributed by atoms with van der Waals surface area (Å²) >= 11 is 9.43. The number of nitrogens with one attached hydrogen (secondary N) is 2. The molecule has 116 valence electrons. The zero-order valence-corrected chi connectivity index (χ0v) is 14.8. The highest BCUT2D eigenvalue weighted by molar-refractivity contribution is 9.10. The zero-order valence-electron chi connectivity index (χ0n) is 12.5. The Morgan fingerprint density at radius 1 is 1.27 bits per heavy atom. The molecule has 3 nitrogen and oxygen atoms in total. The summed E-state index contributed by atoms with van der Waals surface area (Å²) in [6.07, 6.45) is 0. The first-order valence-corrected chi connectivity index (χ1v) is 8.17.